The largest absolute Gasteiger partial charge is 0.477 e. The van der Waals surface area contributed by atoms with Crippen LogP contribution in [0.5, 0.6) is 0 Å². The number of nitrogens with zero attached hydrogens (tertiary/aromatic N) is 1. The van der Waals surface area contributed by atoms with Gasteiger partial charge in [-0.25, -0.2) is 4.79 Å². The highest BCUT2D eigenvalue weighted by atomic mass is 32.2. The number of thioether (sulfide) groups is 1. The molecular formula is C23H29N3O5S. The fourth-order valence-corrected chi connectivity index (χ4v) is 6.35. The van der Waals surface area contributed by atoms with E-state index in [-0.39, 0.29) is 40.8 Å². The second-order valence-electron chi connectivity index (χ2n) is 8.91. The van der Waals surface area contributed by atoms with E-state index in [0.29, 0.717) is 24.4 Å². The number of aryl methyl sites for hydroxylation is 1. The monoisotopic (exact) mass is 459 g/mol. The molecule has 2 fully saturated rings. The Morgan fingerprint density at radius 3 is 2.62 bits per heavy atom. The van der Waals surface area contributed by atoms with Crippen molar-refractivity contribution in [1.82, 2.24) is 15.5 Å². The van der Waals surface area contributed by atoms with Crippen molar-refractivity contribution in [2.45, 2.75) is 57.2 Å². The molecule has 4 rings (SSSR count). The third kappa shape index (κ3) is 4.04. The lowest BCUT2D eigenvalue weighted by atomic mass is 9.79. The lowest BCUT2D eigenvalue weighted by Crippen LogP contribution is -2.63. The van der Waals surface area contributed by atoms with Crippen LogP contribution >= 0.6 is 11.8 Å². The van der Waals surface area contributed by atoms with Gasteiger partial charge in [-0.15, -0.1) is 11.8 Å². The molecule has 0 saturated carbocycles. The van der Waals surface area contributed by atoms with E-state index in [9.17, 15) is 24.6 Å². The maximum atomic E-state index is 12.6. The summed E-state index contributed by atoms with van der Waals surface area (Å²) in [5, 5.41) is 26.0. The number of aliphatic hydroxyl groups excluding tert-OH is 1. The summed E-state index contributed by atoms with van der Waals surface area (Å²) in [5.74, 6) is -2.27. The lowest BCUT2D eigenvalue weighted by Gasteiger charge is -2.46. The fourth-order valence-electron chi connectivity index (χ4n) is 4.87. The average molecular weight is 460 g/mol. The Bertz CT molecular complexity index is 961. The maximum Gasteiger partial charge on any atom is 0.353 e. The van der Waals surface area contributed by atoms with E-state index in [1.807, 2.05) is 38.1 Å². The molecule has 3 aliphatic heterocycles. The maximum absolute atomic E-state index is 12.6. The van der Waals surface area contributed by atoms with Gasteiger partial charge in [-0.05, 0) is 25.8 Å². The first-order valence-electron chi connectivity index (χ1n) is 10.9. The fraction of sp³-hybridized carbons (Fsp3) is 0.522. The number of carbonyl (C=O) groups is 3. The second-order valence-corrected chi connectivity index (χ2v) is 10.3. The molecule has 0 bridgehead atoms. The van der Waals surface area contributed by atoms with E-state index in [1.54, 1.807) is 6.92 Å². The van der Waals surface area contributed by atoms with Gasteiger partial charge in [0.05, 0.1) is 24.1 Å². The standard InChI is InChI=1S/C23H29N3O5S/c1-11-4-6-14(7-5-11)9-25-21(28)16-8-15(10-24-16)32-20-12(2)18-17(13(3)27)22(29)26(18)19(20)23(30)31/h4-7,12-13,15-18,24,27H,8-10H2,1-3H3,(H,25,28)(H,30,31). The van der Waals surface area contributed by atoms with Crippen molar-refractivity contribution in [3.63, 3.8) is 0 Å². The summed E-state index contributed by atoms with van der Waals surface area (Å²) in [6, 6.07) is 7.33. The molecular weight excluding hydrogens is 430 g/mol. The van der Waals surface area contributed by atoms with E-state index >= 15 is 0 Å². The van der Waals surface area contributed by atoms with Crippen LogP contribution in [0.15, 0.2) is 34.9 Å². The molecule has 8 nitrogen and oxygen atoms in total. The summed E-state index contributed by atoms with van der Waals surface area (Å²) in [6.07, 6.45) is -0.244. The first-order valence-corrected chi connectivity index (χ1v) is 11.8. The van der Waals surface area contributed by atoms with Crippen molar-refractivity contribution in [3.8, 4) is 0 Å². The third-order valence-electron chi connectivity index (χ3n) is 6.60. The van der Waals surface area contributed by atoms with Crippen molar-refractivity contribution in [3.05, 3.63) is 46.0 Å². The predicted octanol–water partition coefficient (Wildman–Crippen LogP) is 1.23. The zero-order valence-corrected chi connectivity index (χ0v) is 19.2. The summed E-state index contributed by atoms with van der Waals surface area (Å²) >= 11 is 1.44. The highest BCUT2D eigenvalue weighted by Crippen LogP contribution is 2.51. The number of β-lactam (4-membered cyclic amide) rings is 1. The number of hydrogen-bond donors (Lipinski definition) is 4. The Morgan fingerprint density at radius 2 is 2.00 bits per heavy atom. The Balaban J connectivity index is 1.38. The van der Waals surface area contributed by atoms with Crippen LogP contribution in [0.2, 0.25) is 0 Å². The van der Waals surface area contributed by atoms with E-state index in [1.165, 1.54) is 22.2 Å². The molecule has 1 aromatic carbocycles. The zero-order valence-electron chi connectivity index (χ0n) is 18.4. The molecule has 9 heteroatoms. The van der Waals surface area contributed by atoms with Crippen LogP contribution in [-0.4, -0.2) is 62.9 Å². The topological polar surface area (TPSA) is 119 Å². The Morgan fingerprint density at radius 1 is 1.31 bits per heavy atom. The molecule has 32 heavy (non-hydrogen) atoms. The van der Waals surface area contributed by atoms with Crippen LogP contribution in [0.1, 0.15) is 31.4 Å². The number of carbonyl (C=O) groups excluding carboxylic acids is 2. The summed E-state index contributed by atoms with van der Waals surface area (Å²) < 4.78 is 0. The van der Waals surface area contributed by atoms with Crippen molar-refractivity contribution in [2.24, 2.45) is 11.8 Å². The second kappa shape index (κ2) is 8.88. The molecule has 172 valence electrons. The minimum absolute atomic E-state index is 0.0238. The number of aliphatic carboxylic acids is 1. The number of amides is 2. The molecule has 6 unspecified atom stereocenters. The van der Waals surface area contributed by atoms with Crippen LogP contribution in [0.4, 0.5) is 0 Å². The molecule has 6 atom stereocenters. The van der Waals surface area contributed by atoms with Gasteiger partial charge in [0.15, 0.2) is 0 Å². The number of carboxylic acid groups (broad SMARTS) is 1. The summed E-state index contributed by atoms with van der Waals surface area (Å²) in [6.45, 7) is 6.53. The SMILES string of the molecule is Cc1ccc(CNC(=O)C2CC(SC3=C(C(=O)O)N4C(=O)C(C(C)O)C4C3C)CN2)cc1. The smallest absolute Gasteiger partial charge is 0.353 e. The Kier molecular flexibility index (Phi) is 6.33. The summed E-state index contributed by atoms with van der Waals surface area (Å²) in [7, 11) is 0. The number of benzene rings is 1. The number of rotatable bonds is 7. The molecule has 3 aliphatic rings. The molecule has 4 N–H and O–H groups in total. The van der Waals surface area contributed by atoms with E-state index in [4.69, 9.17) is 0 Å². The van der Waals surface area contributed by atoms with Gasteiger partial charge in [0, 0.05) is 29.2 Å². The molecule has 2 saturated heterocycles. The number of hydrogen-bond acceptors (Lipinski definition) is 6. The highest BCUT2D eigenvalue weighted by molar-refractivity contribution is 8.03. The molecule has 0 aliphatic carbocycles. The summed E-state index contributed by atoms with van der Waals surface area (Å²) in [5.41, 5.74) is 2.23. The predicted molar refractivity (Wildman–Crippen MR) is 120 cm³/mol. The van der Waals surface area contributed by atoms with Crippen molar-refractivity contribution < 1.29 is 24.6 Å². The van der Waals surface area contributed by atoms with Crippen molar-refractivity contribution in [1.29, 1.82) is 0 Å². The van der Waals surface area contributed by atoms with Crippen molar-refractivity contribution in [2.75, 3.05) is 6.54 Å². The number of fused-ring (bicyclic) bond motifs is 1. The molecule has 1 aromatic rings. The minimum Gasteiger partial charge on any atom is -0.477 e. The van der Waals surface area contributed by atoms with Crippen LogP contribution in [0.3, 0.4) is 0 Å². The van der Waals surface area contributed by atoms with Crippen molar-refractivity contribution >= 4 is 29.5 Å². The summed E-state index contributed by atoms with van der Waals surface area (Å²) in [4.78, 5) is 39.0. The van der Waals surface area contributed by atoms with Crippen LogP contribution < -0.4 is 10.6 Å². The zero-order chi connectivity index (χ0) is 23.2. The average Bonchev–Trinajstić information content (AvgIpc) is 3.29. The van der Waals surface area contributed by atoms with Gasteiger partial charge in [0.1, 0.15) is 5.70 Å². The lowest BCUT2D eigenvalue weighted by molar-refractivity contribution is -0.163. The van der Waals surface area contributed by atoms with Crippen LogP contribution in [0.25, 0.3) is 0 Å². The van der Waals surface area contributed by atoms with E-state index in [0.717, 1.165) is 5.56 Å². The molecule has 0 spiro atoms. The molecule has 3 heterocycles. The number of carboxylic acids is 1. The molecule has 2 amide bonds. The van der Waals surface area contributed by atoms with Gasteiger partial charge in [0.25, 0.3) is 0 Å². The van der Waals surface area contributed by atoms with Gasteiger partial charge in [-0.1, -0.05) is 36.8 Å². The van der Waals surface area contributed by atoms with Gasteiger partial charge in [-0.2, -0.15) is 0 Å². The van der Waals surface area contributed by atoms with E-state index in [2.05, 4.69) is 10.6 Å². The van der Waals surface area contributed by atoms with Gasteiger partial charge in [0.2, 0.25) is 11.8 Å². The van der Waals surface area contributed by atoms with Gasteiger partial charge in [-0.3, -0.25) is 9.59 Å². The van der Waals surface area contributed by atoms with Gasteiger partial charge >= 0.3 is 5.97 Å². The van der Waals surface area contributed by atoms with Crippen LogP contribution in [-0.2, 0) is 20.9 Å². The normalized spacial score (nSPS) is 30.2. The molecule has 0 aromatic heterocycles. The Labute approximate surface area is 191 Å². The quantitative estimate of drug-likeness (QED) is 0.453. The minimum atomic E-state index is -1.13. The van der Waals surface area contributed by atoms with E-state index < -0.39 is 18.0 Å². The first kappa shape index (κ1) is 22.8. The third-order valence-corrected chi connectivity index (χ3v) is 8.11. The number of aliphatic hydroxyl groups is 1. The first-order chi connectivity index (χ1) is 15.2. The van der Waals surface area contributed by atoms with Crippen LogP contribution in [0, 0.1) is 18.8 Å². The Hall–Kier alpha value is -2.36. The number of nitrogens with one attached hydrogen (secondary N) is 2. The highest BCUT2D eigenvalue weighted by Gasteiger charge is 2.60. The molecule has 0 radical (unpaired) electrons. The van der Waals surface area contributed by atoms with Gasteiger partial charge < -0.3 is 25.7 Å².